The normalized spacial score (nSPS) is 10.9. The Morgan fingerprint density at radius 2 is 1.08 bits per heavy atom. The third-order valence-corrected chi connectivity index (χ3v) is 14.1. The molecule has 10 rings (SSSR count). The molecule has 6 aromatic carbocycles. The minimum absolute atomic E-state index is 0.166. The third kappa shape index (κ3) is 15.1. The van der Waals surface area contributed by atoms with E-state index in [1.807, 2.05) is 30.3 Å². The highest BCUT2D eigenvalue weighted by atomic mass is 35.5. The molecule has 0 aliphatic rings. The lowest BCUT2D eigenvalue weighted by molar-refractivity contribution is 0.451. The van der Waals surface area contributed by atoms with E-state index in [1.165, 1.54) is 73.8 Å². The van der Waals surface area contributed by atoms with Crippen LogP contribution in [0.15, 0.2) is 199 Å². The molecular formula is C51H37B2Cl2F2N7O8S2. The molecule has 2 radical (unpaired) electrons. The summed E-state index contributed by atoms with van der Waals surface area (Å²) in [5.41, 5.74) is 4.61. The maximum absolute atomic E-state index is 13.5. The zero-order valence-corrected chi connectivity index (χ0v) is 41.4. The van der Waals surface area contributed by atoms with Crippen molar-refractivity contribution < 1.29 is 45.0 Å². The van der Waals surface area contributed by atoms with Crippen molar-refractivity contribution in [3.63, 3.8) is 0 Å². The van der Waals surface area contributed by atoms with E-state index in [0.717, 1.165) is 32.8 Å². The van der Waals surface area contributed by atoms with E-state index in [-0.39, 0.29) is 38.7 Å². The number of hydrogen-bond donors (Lipinski definition) is 2. The van der Waals surface area contributed by atoms with E-state index in [1.54, 1.807) is 85.1 Å². The number of halogens is 4. The molecule has 10 aromatic rings. The molecule has 0 aliphatic heterocycles. The second kappa shape index (κ2) is 25.7. The summed E-state index contributed by atoms with van der Waals surface area (Å²) in [5.74, 6) is -0.224. The number of aromatic nitrogens is 7. The molecule has 74 heavy (non-hydrogen) atoms. The first-order valence-electron chi connectivity index (χ1n) is 21.6. The Hall–Kier alpha value is -7.78. The van der Waals surface area contributed by atoms with Gasteiger partial charge in [0.15, 0.2) is 19.7 Å². The Morgan fingerprint density at radius 3 is 1.68 bits per heavy atom. The Labute approximate surface area is 435 Å². The Morgan fingerprint density at radius 1 is 0.500 bits per heavy atom. The molecular weight excluding hydrogens is 1030 g/mol. The largest absolute Gasteiger partial charge is 0.569 e. The zero-order chi connectivity index (χ0) is 52.5. The average Bonchev–Trinajstić information content (AvgIpc) is 3.40. The van der Waals surface area contributed by atoms with E-state index in [2.05, 4.69) is 44.2 Å². The van der Waals surface area contributed by atoms with Crippen molar-refractivity contribution in [3.8, 4) is 33.9 Å². The van der Waals surface area contributed by atoms with Crippen LogP contribution in [0, 0.1) is 11.6 Å². The first-order chi connectivity index (χ1) is 35.7. The molecule has 0 unspecified atom stereocenters. The molecule has 0 atom stereocenters. The van der Waals surface area contributed by atoms with Gasteiger partial charge in [-0.05, 0) is 120 Å². The van der Waals surface area contributed by atoms with Crippen LogP contribution in [-0.4, -0.2) is 77.1 Å². The van der Waals surface area contributed by atoms with E-state index in [0.29, 0.717) is 53.9 Å². The van der Waals surface area contributed by atoms with E-state index in [4.69, 9.17) is 33.2 Å². The van der Waals surface area contributed by atoms with Gasteiger partial charge in [-0.2, -0.15) is 0 Å². The fourth-order valence-electron chi connectivity index (χ4n) is 6.80. The topological polar surface area (TPSA) is 217 Å². The quantitative estimate of drug-likeness (QED) is 0.0860. The predicted molar refractivity (Wildman–Crippen MR) is 278 cm³/mol. The molecule has 4 aromatic heterocycles. The van der Waals surface area contributed by atoms with Gasteiger partial charge in [0.25, 0.3) is 0 Å². The molecule has 0 saturated heterocycles. The molecule has 0 bridgehead atoms. The van der Waals surface area contributed by atoms with Gasteiger partial charge >= 0.3 is 15.4 Å². The summed E-state index contributed by atoms with van der Waals surface area (Å²) in [4.78, 5) is 28.6. The second-order valence-electron chi connectivity index (χ2n) is 15.3. The molecule has 15 nitrogen and oxygen atoms in total. The van der Waals surface area contributed by atoms with Crippen LogP contribution < -0.4 is 9.31 Å². The standard InChI is InChI=1S/C25H17FN4O2S.C14H10ClN3O2S.C6H5BClO2.C6H5BFO2/c26-20-3-1-2-19(12-20)17-4-6-18(7-5-17)25-23-9-8-22(13-24(23)29-16-30-25)33(31,32)14-21-10-11-27-15-28-21;15-14-13-2-1-12(7-10(13)3-6-17-14)21(19,20)8-11-4-5-16-9-18-11;8-5-1-3-6(4-2-5)10-7-9;8-5-2-1-3-6(4-5)10-7-9/h1-13,15-16H,14H2;1-7,9H,8H2;2*1-4,9H. The number of hydrogen-bond acceptors (Lipinski definition) is 15. The molecule has 4 heterocycles. The summed E-state index contributed by atoms with van der Waals surface area (Å²) < 4.78 is 85.5. The van der Waals surface area contributed by atoms with Crippen molar-refractivity contribution in [2.45, 2.75) is 21.3 Å². The van der Waals surface area contributed by atoms with Crippen molar-refractivity contribution in [2.75, 3.05) is 0 Å². The highest BCUT2D eigenvalue weighted by Gasteiger charge is 2.19. The Bertz CT molecular complexity index is 3710. The molecule has 0 saturated carbocycles. The minimum Gasteiger partial charge on any atom is -0.537 e. The maximum atomic E-state index is 13.5. The van der Waals surface area contributed by atoms with Crippen LogP contribution in [0.4, 0.5) is 8.78 Å². The van der Waals surface area contributed by atoms with Crippen LogP contribution in [0.1, 0.15) is 11.4 Å². The van der Waals surface area contributed by atoms with Gasteiger partial charge in [-0.3, -0.25) is 0 Å². The van der Waals surface area contributed by atoms with E-state index in [9.17, 15) is 25.6 Å². The summed E-state index contributed by atoms with van der Waals surface area (Å²) in [6, 6.07) is 40.7. The number of rotatable bonds is 12. The number of pyridine rings is 1. The number of benzene rings is 6. The molecule has 370 valence electrons. The van der Waals surface area contributed by atoms with Crippen LogP contribution in [-0.2, 0) is 31.2 Å². The van der Waals surface area contributed by atoms with Crippen LogP contribution >= 0.6 is 23.2 Å². The van der Waals surface area contributed by atoms with Gasteiger partial charge in [-0.25, -0.2) is 60.5 Å². The predicted octanol–water partition coefficient (Wildman–Crippen LogP) is 9.50. The highest BCUT2D eigenvalue weighted by molar-refractivity contribution is 7.91. The Kier molecular flexibility index (Phi) is 18.8. The van der Waals surface area contributed by atoms with Gasteiger partial charge in [0.1, 0.15) is 47.3 Å². The minimum atomic E-state index is -3.60. The lowest BCUT2D eigenvalue weighted by atomic mass is 10.0. The van der Waals surface area contributed by atoms with Gasteiger partial charge in [0, 0.05) is 46.0 Å². The van der Waals surface area contributed by atoms with Crippen molar-refractivity contribution in [2.24, 2.45) is 0 Å². The number of sulfone groups is 2. The average molecular weight is 1070 g/mol. The third-order valence-electron chi connectivity index (χ3n) is 10.3. The van der Waals surface area contributed by atoms with Crippen LogP contribution in [0.5, 0.6) is 11.5 Å². The van der Waals surface area contributed by atoms with Crippen LogP contribution in [0.2, 0.25) is 10.2 Å². The summed E-state index contributed by atoms with van der Waals surface area (Å²) in [6.07, 6.45) is 8.65. The van der Waals surface area contributed by atoms with Crippen LogP contribution in [0.3, 0.4) is 0 Å². The lowest BCUT2D eigenvalue weighted by Gasteiger charge is -2.09. The highest BCUT2D eigenvalue weighted by Crippen LogP contribution is 2.31. The molecule has 0 spiro atoms. The second-order valence-corrected chi connectivity index (χ2v) is 20.0. The Balaban J connectivity index is 0.000000165. The summed E-state index contributed by atoms with van der Waals surface area (Å²) in [6.45, 7) is 0. The summed E-state index contributed by atoms with van der Waals surface area (Å²) in [7, 11) is -5.94. The van der Waals surface area contributed by atoms with Gasteiger partial charge < -0.3 is 19.4 Å². The molecule has 23 heteroatoms. The van der Waals surface area contributed by atoms with Crippen molar-refractivity contribution in [1.29, 1.82) is 0 Å². The molecule has 2 N–H and O–H groups in total. The molecule has 0 amide bonds. The van der Waals surface area contributed by atoms with Crippen molar-refractivity contribution >= 4 is 79.9 Å². The van der Waals surface area contributed by atoms with Crippen molar-refractivity contribution in [3.05, 3.63) is 222 Å². The summed E-state index contributed by atoms with van der Waals surface area (Å²) >= 11 is 11.6. The fraction of sp³-hybridized carbons (Fsp3) is 0.0392. The SMILES string of the molecule is O=S(=O)(Cc1ccncn1)c1ccc2c(-c3ccc(-c4cccc(F)c4)cc3)ncnc2c1.O=S(=O)(Cc1ccncn1)c1ccc2c(Cl)nccc2c1.O[B]Oc1ccc(Cl)cc1.O[B]Oc1cccc(F)c1. The van der Waals surface area contributed by atoms with Crippen LogP contribution in [0.25, 0.3) is 44.1 Å². The van der Waals surface area contributed by atoms with E-state index < -0.39 is 19.7 Å². The maximum Gasteiger partial charge on any atom is 0.569 e. The smallest absolute Gasteiger partial charge is 0.537 e. The zero-order valence-electron chi connectivity index (χ0n) is 38.3. The van der Waals surface area contributed by atoms with Gasteiger partial charge in [-0.1, -0.05) is 65.7 Å². The van der Waals surface area contributed by atoms with Gasteiger partial charge in [-0.15, -0.1) is 0 Å². The first kappa shape index (κ1) is 54.0. The first-order valence-corrected chi connectivity index (χ1v) is 25.6. The molecule has 0 aliphatic carbocycles. The van der Waals surface area contributed by atoms with Crippen molar-refractivity contribution in [1.82, 2.24) is 34.9 Å². The monoisotopic (exact) mass is 1070 g/mol. The van der Waals surface area contributed by atoms with Gasteiger partial charge in [0.2, 0.25) is 0 Å². The van der Waals surface area contributed by atoms with Gasteiger partial charge in [0.05, 0.1) is 43.9 Å². The lowest BCUT2D eigenvalue weighted by Crippen LogP contribution is -2.06. The van der Waals surface area contributed by atoms with E-state index >= 15 is 0 Å². The summed E-state index contributed by atoms with van der Waals surface area (Å²) in [5, 5.41) is 19.5. The number of fused-ring (bicyclic) bond motifs is 2. The number of nitrogens with zero attached hydrogens (tertiary/aromatic N) is 7. The fourth-order valence-corrected chi connectivity index (χ4v) is 9.76. The molecule has 0 fully saturated rings.